The first-order chi connectivity index (χ1) is 9.88. The van der Waals surface area contributed by atoms with Crippen LogP contribution < -0.4 is 5.32 Å². The average molecular weight is 286 g/mol. The summed E-state index contributed by atoms with van der Waals surface area (Å²) < 4.78 is 0. The van der Waals surface area contributed by atoms with Gasteiger partial charge in [0.05, 0.1) is 4.92 Å². The van der Waals surface area contributed by atoms with Crippen LogP contribution in [0.4, 0.5) is 11.4 Å². The van der Waals surface area contributed by atoms with Gasteiger partial charge in [-0.2, -0.15) is 0 Å². The Morgan fingerprint density at radius 2 is 1.86 bits per heavy atom. The Balaban J connectivity index is 2.23. The number of hydrogen-bond acceptors (Lipinski definition) is 4. The second-order valence-corrected chi connectivity index (χ2v) is 5.17. The molecule has 2 rings (SSSR count). The van der Waals surface area contributed by atoms with Crippen molar-refractivity contribution < 1.29 is 10.0 Å². The Hall–Kier alpha value is -2.56. The second-order valence-electron chi connectivity index (χ2n) is 5.17. The summed E-state index contributed by atoms with van der Waals surface area (Å²) in [7, 11) is 0. The highest BCUT2D eigenvalue weighted by molar-refractivity contribution is 5.52. The van der Waals surface area contributed by atoms with Gasteiger partial charge < -0.3 is 10.4 Å². The van der Waals surface area contributed by atoms with E-state index in [4.69, 9.17) is 0 Å². The number of anilines is 1. The first kappa shape index (κ1) is 14.8. The zero-order valence-corrected chi connectivity index (χ0v) is 12.3. The number of benzene rings is 2. The predicted molar refractivity (Wildman–Crippen MR) is 82.7 cm³/mol. The Labute approximate surface area is 123 Å². The van der Waals surface area contributed by atoms with E-state index in [0.717, 1.165) is 16.8 Å². The number of nitrogens with zero attached hydrogens (tertiary/aromatic N) is 1. The lowest BCUT2D eigenvalue weighted by atomic mass is 10.0. The third kappa shape index (κ3) is 3.31. The van der Waals surface area contributed by atoms with Crippen LogP contribution in [0.25, 0.3) is 0 Å². The zero-order chi connectivity index (χ0) is 15.6. The lowest BCUT2D eigenvalue weighted by Crippen LogP contribution is -2.07. The van der Waals surface area contributed by atoms with E-state index in [1.54, 1.807) is 31.2 Å². The highest BCUT2D eigenvalue weighted by Gasteiger charge is 2.14. The number of nitrogens with one attached hydrogen (secondary N) is 1. The third-order valence-corrected chi connectivity index (χ3v) is 3.51. The van der Waals surface area contributed by atoms with Crippen LogP contribution in [0, 0.1) is 24.0 Å². The van der Waals surface area contributed by atoms with E-state index in [0.29, 0.717) is 5.56 Å². The molecular weight excluding hydrogens is 268 g/mol. The third-order valence-electron chi connectivity index (χ3n) is 3.51. The van der Waals surface area contributed by atoms with Gasteiger partial charge in [0.1, 0.15) is 5.75 Å². The summed E-state index contributed by atoms with van der Waals surface area (Å²) >= 11 is 0. The molecule has 0 fully saturated rings. The van der Waals surface area contributed by atoms with Gasteiger partial charge in [-0.05, 0) is 50.1 Å². The molecule has 5 nitrogen and oxygen atoms in total. The van der Waals surface area contributed by atoms with Gasteiger partial charge in [-0.15, -0.1) is 0 Å². The first-order valence-electron chi connectivity index (χ1n) is 6.69. The number of aryl methyl sites for hydroxylation is 2. The van der Waals surface area contributed by atoms with Crippen LogP contribution in [-0.4, -0.2) is 10.0 Å². The number of nitro benzene ring substituents is 1. The molecule has 1 atom stereocenters. The number of phenols is 1. The summed E-state index contributed by atoms with van der Waals surface area (Å²) in [4.78, 5) is 10.6. The maximum atomic E-state index is 11.0. The van der Waals surface area contributed by atoms with Crippen molar-refractivity contribution >= 4 is 11.4 Å². The Morgan fingerprint density at radius 1 is 1.14 bits per heavy atom. The van der Waals surface area contributed by atoms with Crippen LogP contribution >= 0.6 is 0 Å². The largest absolute Gasteiger partial charge is 0.508 e. The lowest BCUT2D eigenvalue weighted by Gasteiger charge is -2.16. The first-order valence-corrected chi connectivity index (χ1v) is 6.69. The zero-order valence-electron chi connectivity index (χ0n) is 12.3. The van der Waals surface area contributed by atoms with Crippen LogP contribution in [0.2, 0.25) is 0 Å². The van der Waals surface area contributed by atoms with Crippen LogP contribution in [0.15, 0.2) is 36.4 Å². The molecule has 2 aromatic rings. The molecule has 0 saturated carbocycles. The van der Waals surface area contributed by atoms with Crippen LogP contribution in [-0.2, 0) is 0 Å². The standard InChI is InChI=1S/C16H18N2O3/c1-10-4-5-13(9-15(10)18(20)21)12(3)17-14-6-7-16(19)11(2)8-14/h4-9,12,17,19H,1-3H3. The summed E-state index contributed by atoms with van der Waals surface area (Å²) in [5.74, 6) is 0.249. The smallest absolute Gasteiger partial charge is 0.272 e. The molecule has 5 heteroatoms. The summed E-state index contributed by atoms with van der Waals surface area (Å²) in [5, 5.41) is 23.8. The number of rotatable bonds is 4. The number of hydrogen-bond donors (Lipinski definition) is 2. The topological polar surface area (TPSA) is 75.4 Å². The molecule has 0 spiro atoms. The Morgan fingerprint density at radius 3 is 2.48 bits per heavy atom. The fourth-order valence-corrected chi connectivity index (χ4v) is 2.17. The van der Waals surface area contributed by atoms with E-state index >= 15 is 0 Å². The number of nitro groups is 1. The van der Waals surface area contributed by atoms with Crippen molar-refractivity contribution in [3.63, 3.8) is 0 Å². The summed E-state index contributed by atoms with van der Waals surface area (Å²) in [6.07, 6.45) is 0. The fraction of sp³-hybridized carbons (Fsp3) is 0.250. The monoisotopic (exact) mass is 286 g/mol. The van der Waals surface area contributed by atoms with E-state index in [-0.39, 0.29) is 22.4 Å². The number of aromatic hydroxyl groups is 1. The molecule has 1 unspecified atom stereocenters. The van der Waals surface area contributed by atoms with Crippen molar-refractivity contribution in [3.8, 4) is 5.75 Å². The SMILES string of the molecule is Cc1cc(NC(C)c2ccc(C)c([N+](=O)[O-])c2)ccc1O. The molecule has 0 aliphatic rings. The Kier molecular flexibility index (Phi) is 4.12. The maximum absolute atomic E-state index is 11.0. The van der Waals surface area contributed by atoms with E-state index < -0.39 is 0 Å². The van der Waals surface area contributed by atoms with Crippen molar-refractivity contribution in [2.45, 2.75) is 26.8 Å². The van der Waals surface area contributed by atoms with Gasteiger partial charge in [0.15, 0.2) is 0 Å². The van der Waals surface area contributed by atoms with Gasteiger partial charge in [-0.1, -0.05) is 12.1 Å². The van der Waals surface area contributed by atoms with Gasteiger partial charge in [0.2, 0.25) is 0 Å². The van der Waals surface area contributed by atoms with Gasteiger partial charge in [-0.25, -0.2) is 0 Å². The minimum absolute atomic E-state index is 0.0757. The van der Waals surface area contributed by atoms with Crippen molar-refractivity contribution in [3.05, 3.63) is 63.2 Å². The second kappa shape index (κ2) is 5.83. The molecule has 110 valence electrons. The summed E-state index contributed by atoms with van der Waals surface area (Å²) in [6, 6.07) is 10.4. The van der Waals surface area contributed by atoms with Crippen molar-refractivity contribution in [2.24, 2.45) is 0 Å². The van der Waals surface area contributed by atoms with Gasteiger partial charge in [0, 0.05) is 23.4 Å². The van der Waals surface area contributed by atoms with Gasteiger partial charge in [-0.3, -0.25) is 10.1 Å². The molecule has 0 aliphatic heterocycles. The van der Waals surface area contributed by atoms with Crippen molar-refractivity contribution in [1.82, 2.24) is 0 Å². The van der Waals surface area contributed by atoms with Crippen LogP contribution in [0.1, 0.15) is 29.7 Å². The molecular formula is C16H18N2O3. The van der Waals surface area contributed by atoms with Gasteiger partial charge in [0.25, 0.3) is 5.69 Å². The molecule has 0 amide bonds. The molecule has 2 N–H and O–H groups in total. The summed E-state index contributed by atoms with van der Waals surface area (Å²) in [5.41, 5.74) is 3.26. The fourth-order valence-electron chi connectivity index (χ4n) is 2.17. The molecule has 0 saturated heterocycles. The molecule has 0 heterocycles. The molecule has 0 aliphatic carbocycles. The molecule has 2 aromatic carbocycles. The van der Waals surface area contributed by atoms with E-state index in [1.807, 2.05) is 26.0 Å². The molecule has 21 heavy (non-hydrogen) atoms. The Bertz CT molecular complexity index is 683. The maximum Gasteiger partial charge on any atom is 0.272 e. The highest BCUT2D eigenvalue weighted by atomic mass is 16.6. The number of phenolic OH excluding ortho intramolecular Hbond substituents is 1. The van der Waals surface area contributed by atoms with Gasteiger partial charge >= 0.3 is 0 Å². The summed E-state index contributed by atoms with van der Waals surface area (Å²) in [6.45, 7) is 5.49. The van der Waals surface area contributed by atoms with E-state index in [1.165, 1.54) is 0 Å². The lowest BCUT2D eigenvalue weighted by molar-refractivity contribution is -0.385. The minimum atomic E-state index is -0.365. The predicted octanol–water partition coefficient (Wildman–Crippen LogP) is 4.09. The normalized spacial score (nSPS) is 12.0. The molecule has 0 aromatic heterocycles. The molecule has 0 radical (unpaired) electrons. The van der Waals surface area contributed by atoms with Crippen LogP contribution in [0.5, 0.6) is 5.75 Å². The highest BCUT2D eigenvalue weighted by Crippen LogP contribution is 2.27. The average Bonchev–Trinajstić information content (AvgIpc) is 2.43. The minimum Gasteiger partial charge on any atom is -0.508 e. The molecule has 0 bridgehead atoms. The quantitative estimate of drug-likeness (QED) is 0.504. The van der Waals surface area contributed by atoms with E-state index in [2.05, 4.69) is 5.32 Å². The van der Waals surface area contributed by atoms with Crippen molar-refractivity contribution in [1.29, 1.82) is 0 Å². The van der Waals surface area contributed by atoms with Crippen molar-refractivity contribution in [2.75, 3.05) is 5.32 Å². The van der Waals surface area contributed by atoms with E-state index in [9.17, 15) is 15.2 Å². The van der Waals surface area contributed by atoms with Crippen LogP contribution in [0.3, 0.4) is 0 Å².